The van der Waals surface area contributed by atoms with Crippen molar-refractivity contribution in [2.45, 2.75) is 140 Å². The van der Waals surface area contributed by atoms with Gasteiger partial charge < -0.3 is 25.4 Å². The third-order valence-corrected chi connectivity index (χ3v) is 9.49. The molecule has 0 unspecified atom stereocenters. The van der Waals surface area contributed by atoms with Crippen molar-refractivity contribution in [1.29, 1.82) is 0 Å². The fourth-order valence-electron chi connectivity index (χ4n) is 7.29. The summed E-state index contributed by atoms with van der Waals surface area (Å²) in [6.45, 7) is 2.21. The molecular weight excluding hydrogens is 466 g/mol. The molecule has 2 saturated carbocycles. The number of aromatic amines is 1. The van der Waals surface area contributed by atoms with Crippen LogP contribution in [0.3, 0.4) is 0 Å². The first-order valence-electron chi connectivity index (χ1n) is 15.3. The summed E-state index contributed by atoms with van der Waals surface area (Å²) in [7, 11) is 0. The van der Waals surface area contributed by atoms with E-state index in [1.807, 2.05) is 12.4 Å². The number of aliphatic hydroxyl groups excluding tert-OH is 2. The highest BCUT2D eigenvalue weighted by Gasteiger charge is 2.52. The van der Waals surface area contributed by atoms with E-state index in [2.05, 4.69) is 18.0 Å². The predicted molar refractivity (Wildman–Crippen MR) is 147 cm³/mol. The predicted octanol–water partition coefficient (Wildman–Crippen LogP) is 6.24. The maximum absolute atomic E-state index is 12.0. The molecule has 1 heterocycles. The highest BCUT2D eigenvalue weighted by molar-refractivity contribution is 5.70. The zero-order valence-corrected chi connectivity index (χ0v) is 23.1. The maximum Gasteiger partial charge on any atom is 0.309 e. The number of rotatable bonds is 18. The molecule has 212 valence electrons. The molecule has 0 aliphatic heterocycles. The number of unbranched alkanes of at least 4 members (excludes halogenated alkanes) is 7. The summed E-state index contributed by atoms with van der Waals surface area (Å²) in [5, 5.41) is 42.6. The van der Waals surface area contributed by atoms with Gasteiger partial charge in [0.2, 0.25) is 0 Å². The second kappa shape index (κ2) is 15.3. The topological polar surface area (TPSA) is 114 Å². The number of hydrogen-bond donors (Lipinski definition) is 5. The zero-order chi connectivity index (χ0) is 26.7. The van der Waals surface area contributed by atoms with Crippen LogP contribution < -0.4 is 0 Å². The Morgan fingerprint density at radius 1 is 1.00 bits per heavy atom. The minimum absolute atomic E-state index is 0.152. The fourth-order valence-corrected chi connectivity index (χ4v) is 7.29. The van der Waals surface area contributed by atoms with Crippen LogP contribution in [0.1, 0.15) is 122 Å². The second-order valence-electron chi connectivity index (χ2n) is 12.3. The average molecular weight is 520 g/mol. The number of aliphatic carboxylic acids is 1. The standard InChI is InChI=1S/C31H53NO5/c1-2-3-4-5-8-11-26(33)12-9-6-7-10-13-27(30(35)36)29(34)25-14-15-28-24(16-18-31(28,37)21-25)20-23-17-19-32-22-23/h17,19,22,24-29,32-34,37H,2-16,18,20-21H2,1H3,(H,35,36)/t24-,25-,26-,27-,28-,29+,31+/m0/s1. The van der Waals surface area contributed by atoms with E-state index >= 15 is 0 Å². The molecule has 2 fully saturated rings. The molecule has 2 aliphatic carbocycles. The fraction of sp³-hybridized carbons (Fsp3) is 0.839. The van der Waals surface area contributed by atoms with Crippen LogP contribution >= 0.6 is 0 Å². The molecular formula is C31H53NO5. The number of carboxylic acids is 1. The molecule has 1 aromatic rings. The molecule has 5 N–H and O–H groups in total. The average Bonchev–Trinajstić information content (AvgIpc) is 3.50. The van der Waals surface area contributed by atoms with Gasteiger partial charge in [-0.2, -0.15) is 0 Å². The summed E-state index contributed by atoms with van der Waals surface area (Å²) in [5.41, 5.74) is 0.504. The first-order valence-corrected chi connectivity index (χ1v) is 15.3. The molecule has 6 nitrogen and oxygen atoms in total. The summed E-state index contributed by atoms with van der Waals surface area (Å²) < 4.78 is 0. The van der Waals surface area contributed by atoms with Gasteiger partial charge in [0, 0.05) is 12.4 Å². The van der Waals surface area contributed by atoms with Gasteiger partial charge in [0.1, 0.15) is 0 Å². The minimum Gasteiger partial charge on any atom is -0.481 e. The van der Waals surface area contributed by atoms with Gasteiger partial charge >= 0.3 is 5.97 Å². The van der Waals surface area contributed by atoms with E-state index in [4.69, 9.17) is 0 Å². The van der Waals surface area contributed by atoms with Crippen molar-refractivity contribution in [2.24, 2.45) is 23.7 Å². The number of hydrogen-bond acceptors (Lipinski definition) is 4. The molecule has 1 aromatic heterocycles. The number of carboxylic acid groups (broad SMARTS) is 1. The van der Waals surface area contributed by atoms with Crippen molar-refractivity contribution in [2.75, 3.05) is 0 Å². The number of nitrogens with one attached hydrogen (secondary N) is 1. The molecule has 0 amide bonds. The van der Waals surface area contributed by atoms with Crippen LogP contribution in [-0.4, -0.2) is 49.2 Å². The van der Waals surface area contributed by atoms with E-state index in [-0.39, 0.29) is 17.9 Å². The SMILES string of the molecule is CCCCCCC[C@H](O)CCCCCC[C@H](C(=O)O)[C@H](O)[C@H]1CC[C@H]2[C@H](Cc3cc[nH]c3)CC[C@@]2(O)C1. The lowest BCUT2D eigenvalue weighted by Gasteiger charge is -2.43. The largest absolute Gasteiger partial charge is 0.481 e. The van der Waals surface area contributed by atoms with Crippen LogP contribution in [0.5, 0.6) is 0 Å². The third-order valence-electron chi connectivity index (χ3n) is 9.49. The Balaban J connectivity index is 1.36. The third kappa shape index (κ3) is 9.11. The molecule has 2 aliphatic rings. The monoisotopic (exact) mass is 519 g/mol. The van der Waals surface area contributed by atoms with Gasteiger partial charge in [-0.25, -0.2) is 0 Å². The van der Waals surface area contributed by atoms with E-state index in [9.17, 15) is 25.2 Å². The number of fused-ring (bicyclic) bond motifs is 1. The first-order chi connectivity index (χ1) is 17.8. The van der Waals surface area contributed by atoms with Crippen LogP contribution in [0, 0.1) is 23.7 Å². The van der Waals surface area contributed by atoms with Crippen LogP contribution in [0.25, 0.3) is 0 Å². The van der Waals surface area contributed by atoms with Gasteiger partial charge in [0.15, 0.2) is 0 Å². The van der Waals surface area contributed by atoms with Gasteiger partial charge in [-0.1, -0.05) is 64.7 Å². The second-order valence-corrected chi connectivity index (χ2v) is 12.3. The molecule has 0 bridgehead atoms. The lowest BCUT2D eigenvalue weighted by molar-refractivity contribution is -0.151. The summed E-state index contributed by atoms with van der Waals surface area (Å²) in [6, 6.07) is 2.10. The van der Waals surface area contributed by atoms with Crippen LogP contribution in [0.4, 0.5) is 0 Å². The quantitative estimate of drug-likeness (QED) is 0.147. The molecule has 0 radical (unpaired) electrons. The molecule has 3 rings (SSSR count). The maximum atomic E-state index is 12.0. The minimum atomic E-state index is -0.920. The van der Waals surface area contributed by atoms with E-state index in [1.165, 1.54) is 31.2 Å². The summed E-state index contributed by atoms with van der Waals surface area (Å²) in [6.07, 6.45) is 19.7. The Kier molecular flexibility index (Phi) is 12.5. The summed E-state index contributed by atoms with van der Waals surface area (Å²) in [5.74, 6) is -1.15. The Morgan fingerprint density at radius 2 is 1.68 bits per heavy atom. The number of carbonyl (C=O) groups is 1. The lowest BCUT2D eigenvalue weighted by Crippen LogP contribution is -2.46. The van der Waals surface area contributed by atoms with Gasteiger partial charge in [-0.05, 0) is 87.2 Å². The lowest BCUT2D eigenvalue weighted by atomic mass is 9.66. The number of aliphatic hydroxyl groups is 3. The molecule has 7 atom stereocenters. The Labute approximate surface area is 224 Å². The highest BCUT2D eigenvalue weighted by Crippen LogP contribution is 2.52. The normalized spacial score (nSPS) is 28.1. The van der Waals surface area contributed by atoms with Crippen LogP contribution in [-0.2, 0) is 11.2 Å². The van der Waals surface area contributed by atoms with E-state index in [1.54, 1.807) is 0 Å². The van der Waals surface area contributed by atoms with Gasteiger partial charge in [-0.3, -0.25) is 4.79 Å². The van der Waals surface area contributed by atoms with Crippen LogP contribution in [0.2, 0.25) is 0 Å². The molecule has 6 heteroatoms. The molecule has 0 saturated heterocycles. The van der Waals surface area contributed by atoms with E-state index < -0.39 is 23.6 Å². The van der Waals surface area contributed by atoms with Gasteiger partial charge in [0.05, 0.1) is 23.7 Å². The van der Waals surface area contributed by atoms with Crippen LogP contribution in [0.15, 0.2) is 18.5 Å². The smallest absolute Gasteiger partial charge is 0.309 e. The summed E-state index contributed by atoms with van der Waals surface area (Å²) >= 11 is 0. The Hall–Kier alpha value is -1.37. The van der Waals surface area contributed by atoms with E-state index in [0.717, 1.165) is 77.0 Å². The molecule has 0 spiro atoms. The Morgan fingerprint density at radius 3 is 2.30 bits per heavy atom. The van der Waals surface area contributed by atoms with Crippen molar-refractivity contribution in [1.82, 2.24) is 4.98 Å². The van der Waals surface area contributed by atoms with Crippen molar-refractivity contribution in [3.63, 3.8) is 0 Å². The van der Waals surface area contributed by atoms with E-state index in [0.29, 0.717) is 18.8 Å². The highest BCUT2D eigenvalue weighted by atomic mass is 16.4. The Bertz CT molecular complexity index is 768. The van der Waals surface area contributed by atoms with Crippen molar-refractivity contribution >= 4 is 5.97 Å². The zero-order valence-electron chi connectivity index (χ0n) is 23.1. The number of H-pyrrole nitrogens is 1. The molecule has 37 heavy (non-hydrogen) atoms. The van der Waals surface area contributed by atoms with Crippen molar-refractivity contribution in [3.05, 3.63) is 24.0 Å². The molecule has 0 aromatic carbocycles. The first kappa shape index (κ1) is 30.2. The number of aromatic nitrogens is 1. The summed E-state index contributed by atoms with van der Waals surface area (Å²) in [4.78, 5) is 15.2. The van der Waals surface area contributed by atoms with Gasteiger partial charge in [0.25, 0.3) is 0 Å². The van der Waals surface area contributed by atoms with Crippen molar-refractivity contribution < 1.29 is 25.2 Å². The van der Waals surface area contributed by atoms with Gasteiger partial charge in [-0.15, -0.1) is 0 Å². The van der Waals surface area contributed by atoms with Crippen molar-refractivity contribution in [3.8, 4) is 0 Å².